The number of carbonyl (C=O) groups is 1. The van der Waals surface area contributed by atoms with Crippen LogP contribution in [0.4, 0.5) is 8.78 Å². The van der Waals surface area contributed by atoms with Gasteiger partial charge in [0.1, 0.15) is 16.9 Å². The highest BCUT2D eigenvalue weighted by atomic mass is 19.3. The summed E-state index contributed by atoms with van der Waals surface area (Å²) in [6.07, 6.45) is -2.09. The average Bonchev–Trinajstić information content (AvgIpc) is 2.27. The molecule has 0 amide bonds. The average molecular weight is 260 g/mol. The van der Waals surface area contributed by atoms with Gasteiger partial charge in [-0.3, -0.25) is 0 Å². The van der Waals surface area contributed by atoms with Crippen LogP contribution in [0.1, 0.15) is 49.1 Å². The standard InChI is InChI=1S/C11H14F2N2O3/c1-4-18-11(2,3)10-14-5-6(9(16)17)7(15-10)8(12)13/h5,8H,4H2,1-3H3,(H,16,17). The number of nitrogens with zero attached hydrogens (tertiary/aromatic N) is 2. The Balaban J connectivity index is 3.27. The Morgan fingerprint density at radius 3 is 2.61 bits per heavy atom. The first kappa shape index (κ1) is 14.4. The van der Waals surface area contributed by atoms with E-state index in [1.165, 1.54) is 0 Å². The molecule has 1 aromatic rings. The first-order valence-electron chi connectivity index (χ1n) is 5.32. The summed E-state index contributed by atoms with van der Waals surface area (Å²) in [7, 11) is 0. The number of aromatic nitrogens is 2. The molecule has 0 fully saturated rings. The molecular weight excluding hydrogens is 246 g/mol. The number of carboxylic acids is 1. The van der Waals surface area contributed by atoms with Gasteiger partial charge >= 0.3 is 5.97 Å². The molecule has 1 aromatic heterocycles. The van der Waals surface area contributed by atoms with Crippen LogP contribution in [0, 0.1) is 0 Å². The number of hydrogen-bond donors (Lipinski definition) is 1. The predicted molar refractivity (Wildman–Crippen MR) is 58.6 cm³/mol. The maximum atomic E-state index is 12.7. The largest absolute Gasteiger partial charge is 0.478 e. The second-order valence-corrected chi connectivity index (χ2v) is 4.04. The third-order valence-corrected chi connectivity index (χ3v) is 2.30. The molecule has 1 rings (SSSR count). The van der Waals surface area contributed by atoms with Gasteiger partial charge in [0.2, 0.25) is 0 Å². The van der Waals surface area contributed by atoms with Crippen molar-refractivity contribution in [1.29, 1.82) is 0 Å². The second kappa shape index (κ2) is 5.34. The van der Waals surface area contributed by atoms with Gasteiger partial charge in [-0.25, -0.2) is 23.5 Å². The lowest BCUT2D eigenvalue weighted by atomic mass is 10.1. The predicted octanol–water partition coefficient (Wildman–Crippen LogP) is 2.38. The zero-order valence-electron chi connectivity index (χ0n) is 10.3. The Kier molecular flexibility index (Phi) is 4.28. The van der Waals surface area contributed by atoms with E-state index in [4.69, 9.17) is 9.84 Å². The minimum absolute atomic E-state index is 0.0321. The number of ether oxygens (including phenoxy) is 1. The quantitative estimate of drug-likeness (QED) is 0.880. The molecule has 5 nitrogen and oxygen atoms in total. The molecule has 0 spiro atoms. The van der Waals surface area contributed by atoms with E-state index in [-0.39, 0.29) is 5.82 Å². The van der Waals surface area contributed by atoms with Crippen LogP contribution in [0.5, 0.6) is 0 Å². The Morgan fingerprint density at radius 1 is 1.56 bits per heavy atom. The molecule has 0 aliphatic rings. The van der Waals surface area contributed by atoms with E-state index in [1.807, 2.05) is 0 Å². The summed E-state index contributed by atoms with van der Waals surface area (Å²) < 4.78 is 30.8. The Labute approximate surface area is 103 Å². The van der Waals surface area contributed by atoms with Crippen molar-refractivity contribution in [3.63, 3.8) is 0 Å². The van der Waals surface area contributed by atoms with Crippen LogP contribution in [0.2, 0.25) is 0 Å². The highest BCUT2D eigenvalue weighted by molar-refractivity contribution is 5.88. The SMILES string of the molecule is CCOC(C)(C)c1ncc(C(=O)O)c(C(F)F)n1. The van der Waals surface area contributed by atoms with Crippen LogP contribution in [-0.4, -0.2) is 27.7 Å². The first-order chi connectivity index (χ1) is 8.29. The molecule has 7 heteroatoms. The summed E-state index contributed by atoms with van der Waals surface area (Å²) in [5, 5.41) is 8.77. The van der Waals surface area contributed by atoms with Gasteiger partial charge in [-0.05, 0) is 20.8 Å². The molecule has 0 atom stereocenters. The van der Waals surface area contributed by atoms with Crippen molar-refractivity contribution >= 4 is 5.97 Å². The fraction of sp³-hybridized carbons (Fsp3) is 0.545. The van der Waals surface area contributed by atoms with Crippen LogP contribution in [-0.2, 0) is 10.3 Å². The Hall–Kier alpha value is -1.63. The summed E-state index contributed by atoms with van der Waals surface area (Å²) in [6.45, 7) is 5.37. The lowest BCUT2D eigenvalue weighted by Crippen LogP contribution is -2.26. The molecule has 0 saturated carbocycles. The van der Waals surface area contributed by atoms with E-state index < -0.39 is 29.3 Å². The molecular formula is C11H14F2N2O3. The van der Waals surface area contributed by atoms with Gasteiger partial charge < -0.3 is 9.84 Å². The summed E-state index contributed by atoms with van der Waals surface area (Å²) in [6, 6.07) is 0. The van der Waals surface area contributed by atoms with E-state index in [9.17, 15) is 13.6 Å². The normalized spacial score (nSPS) is 11.9. The summed E-state index contributed by atoms with van der Waals surface area (Å²) in [5.41, 5.74) is -2.34. The fourth-order valence-corrected chi connectivity index (χ4v) is 1.44. The molecule has 0 bridgehead atoms. The molecule has 0 aliphatic heterocycles. The van der Waals surface area contributed by atoms with Crippen molar-refractivity contribution < 1.29 is 23.4 Å². The van der Waals surface area contributed by atoms with Crippen molar-refractivity contribution in [2.45, 2.75) is 32.8 Å². The third kappa shape index (κ3) is 2.98. The topological polar surface area (TPSA) is 72.3 Å². The van der Waals surface area contributed by atoms with Crippen LogP contribution in [0.15, 0.2) is 6.20 Å². The number of alkyl halides is 2. The number of rotatable bonds is 5. The van der Waals surface area contributed by atoms with E-state index in [0.29, 0.717) is 6.61 Å². The Morgan fingerprint density at radius 2 is 2.17 bits per heavy atom. The van der Waals surface area contributed by atoms with Crippen molar-refractivity contribution in [2.24, 2.45) is 0 Å². The lowest BCUT2D eigenvalue weighted by molar-refractivity contribution is -0.0215. The highest BCUT2D eigenvalue weighted by Gasteiger charge is 2.28. The molecule has 18 heavy (non-hydrogen) atoms. The zero-order chi connectivity index (χ0) is 13.9. The van der Waals surface area contributed by atoms with Gasteiger partial charge in [0.15, 0.2) is 5.82 Å². The van der Waals surface area contributed by atoms with Crippen molar-refractivity contribution in [3.05, 3.63) is 23.3 Å². The highest BCUT2D eigenvalue weighted by Crippen LogP contribution is 2.26. The van der Waals surface area contributed by atoms with Crippen molar-refractivity contribution in [1.82, 2.24) is 9.97 Å². The van der Waals surface area contributed by atoms with Gasteiger partial charge in [-0.2, -0.15) is 0 Å². The van der Waals surface area contributed by atoms with Gasteiger partial charge in [0.05, 0.1) is 0 Å². The molecule has 0 aliphatic carbocycles. The van der Waals surface area contributed by atoms with E-state index in [0.717, 1.165) is 6.20 Å². The van der Waals surface area contributed by atoms with Crippen LogP contribution in [0.25, 0.3) is 0 Å². The van der Waals surface area contributed by atoms with Gasteiger partial charge in [-0.1, -0.05) is 0 Å². The minimum Gasteiger partial charge on any atom is -0.478 e. The van der Waals surface area contributed by atoms with Gasteiger partial charge in [0.25, 0.3) is 6.43 Å². The molecule has 0 saturated heterocycles. The number of aromatic carboxylic acids is 1. The number of carboxylic acid groups (broad SMARTS) is 1. The number of hydrogen-bond acceptors (Lipinski definition) is 4. The third-order valence-electron chi connectivity index (χ3n) is 2.30. The smallest absolute Gasteiger partial charge is 0.339 e. The van der Waals surface area contributed by atoms with Crippen LogP contribution in [0.3, 0.4) is 0 Å². The van der Waals surface area contributed by atoms with E-state index in [1.54, 1.807) is 20.8 Å². The summed E-state index contributed by atoms with van der Waals surface area (Å²) in [5.74, 6) is -1.45. The summed E-state index contributed by atoms with van der Waals surface area (Å²) >= 11 is 0. The number of halogens is 2. The maximum absolute atomic E-state index is 12.7. The second-order valence-electron chi connectivity index (χ2n) is 4.04. The van der Waals surface area contributed by atoms with Crippen molar-refractivity contribution in [3.8, 4) is 0 Å². The minimum atomic E-state index is -2.98. The van der Waals surface area contributed by atoms with Crippen LogP contribution < -0.4 is 0 Å². The van der Waals surface area contributed by atoms with Gasteiger partial charge in [0, 0.05) is 12.8 Å². The van der Waals surface area contributed by atoms with E-state index >= 15 is 0 Å². The zero-order valence-corrected chi connectivity index (χ0v) is 10.3. The molecule has 0 aromatic carbocycles. The maximum Gasteiger partial charge on any atom is 0.339 e. The molecule has 1 N–H and O–H groups in total. The molecule has 0 radical (unpaired) electrons. The first-order valence-corrected chi connectivity index (χ1v) is 5.32. The Bertz CT molecular complexity index is 450. The summed E-state index contributed by atoms with van der Waals surface area (Å²) in [4.78, 5) is 18.2. The van der Waals surface area contributed by atoms with Crippen molar-refractivity contribution in [2.75, 3.05) is 6.61 Å². The molecule has 1 heterocycles. The van der Waals surface area contributed by atoms with Crippen LogP contribution >= 0.6 is 0 Å². The molecule has 0 unspecified atom stereocenters. The monoisotopic (exact) mass is 260 g/mol. The van der Waals surface area contributed by atoms with E-state index in [2.05, 4.69) is 9.97 Å². The lowest BCUT2D eigenvalue weighted by Gasteiger charge is -2.23. The van der Waals surface area contributed by atoms with Gasteiger partial charge in [-0.15, -0.1) is 0 Å². The fourth-order valence-electron chi connectivity index (χ4n) is 1.44. The molecule has 100 valence electrons.